The van der Waals surface area contributed by atoms with Gasteiger partial charge in [0.15, 0.2) is 0 Å². The van der Waals surface area contributed by atoms with Crippen LogP contribution in [0.1, 0.15) is 56.8 Å². The average Bonchev–Trinajstić information content (AvgIpc) is 2.54. The third-order valence-electron chi connectivity index (χ3n) is 4.42. The molecule has 1 fully saturated rings. The molecule has 0 heterocycles. The van der Waals surface area contributed by atoms with Crippen molar-refractivity contribution >= 4 is 17.7 Å². The monoisotopic (exact) mass is 361 g/mol. The molecule has 6 heteroatoms. The average molecular weight is 361 g/mol. The van der Waals surface area contributed by atoms with E-state index in [0.29, 0.717) is 5.56 Å². The van der Waals surface area contributed by atoms with Crippen molar-refractivity contribution in [2.45, 2.75) is 64.1 Å². The number of carbonyl (C=O) groups is 2. The number of amides is 2. The summed E-state index contributed by atoms with van der Waals surface area (Å²) in [5.41, 5.74) is 0.971. The lowest BCUT2D eigenvalue weighted by atomic mass is 9.90. The number of rotatable bonds is 4. The first-order chi connectivity index (χ1) is 12.2. The van der Waals surface area contributed by atoms with Gasteiger partial charge < -0.3 is 20.3 Å². The maximum Gasteiger partial charge on any atom is 0.407 e. The first kappa shape index (κ1) is 20.1. The zero-order chi connectivity index (χ0) is 19.3. The maximum atomic E-state index is 12.8. The molecule has 144 valence electrons. The van der Waals surface area contributed by atoms with Gasteiger partial charge in [0.2, 0.25) is 0 Å². The number of benzene rings is 1. The number of alkyl carbamates (subject to hydrolysis) is 1. The molecule has 6 nitrogen and oxygen atoms in total. The highest BCUT2D eigenvalue weighted by Crippen LogP contribution is 2.22. The summed E-state index contributed by atoms with van der Waals surface area (Å²) in [6.45, 7) is 5.51. The Kier molecular flexibility index (Phi) is 6.51. The molecule has 0 saturated heterocycles. The molecule has 0 bridgehead atoms. The summed E-state index contributed by atoms with van der Waals surface area (Å²) in [6.07, 6.45) is 3.31. The van der Waals surface area contributed by atoms with E-state index in [-0.39, 0.29) is 18.0 Å². The lowest BCUT2D eigenvalue weighted by Crippen LogP contribution is -2.54. The van der Waals surface area contributed by atoms with Crippen molar-refractivity contribution in [2.24, 2.45) is 0 Å². The Morgan fingerprint density at radius 1 is 1.04 bits per heavy atom. The van der Waals surface area contributed by atoms with Crippen LogP contribution in [0.25, 0.3) is 0 Å². The number of anilines is 1. The molecule has 0 aromatic heterocycles. The number of nitrogens with zero attached hydrogens (tertiary/aromatic N) is 1. The standard InChI is InChI=1S/C20H31N3O3/c1-20(2,3)26-19(25)22-16-12-8-7-11-15(16)21-18(24)14-10-6-9-13-17(14)23(4)5/h6,9-10,13,15-16H,7-8,11-12H2,1-5H3,(H,21,24)(H,22,25)/t15-,16-/m1/s1. The van der Waals surface area contributed by atoms with Crippen molar-refractivity contribution in [2.75, 3.05) is 19.0 Å². The molecule has 1 saturated carbocycles. The van der Waals surface area contributed by atoms with Gasteiger partial charge >= 0.3 is 6.09 Å². The fraction of sp³-hybridized carbons (Fsp3) is 0.600. The van der Waals surface area contributed by atoms with Gasteiger partial charge in [0.05, 0.1) is 11.6 Å². The fourth-order valence-electron chi connectivity index (χ4n) is 3.24. The van der Waals surface area contributed by atoms with Crippen molar-refractivity contribution in [3.05, 3.63) is 29.8 Å². The number of ether oxygens (including phenoxy) is 1. The van der Waals surface area contributed by atoms with E-state index in [2.05, 4.69) is 10.6 Å². The third-order valence-corrected chi connectivity index (χ3v) is 4.42. The third kappa shape index (κ3) is 5.64. The van der Waals surface area contributed by atoms with Crippen molar-refractivity contribution in [3.8, 4) is 0 Å². The van der Waals surface area contributed by atoms with Gasteiger partial charge in [0.25, 0.3) is 5.91 Å². The van der Waals surface area contributed by atoms with E-state index in [1.165, 1.54) is 0 Å². The van der Waals surface area contributed by atoms with Crippen molar-refractivity contribution in [1.82, 2.24) is 10.6 Å². The van der Waals surface area contributed by atoms with Crippen molar-refractivity contribution < 1.29 is 14.3 Å². The van der Waals surface area contributed by atoms with Gasteiger partial charge in [-0.3, -0.25) is 4.79 Å². The molecular weight excluding hydrogens is 330 g/mol. The molecular formula is C20H31N3O3. The van der Waals surface area contributed by atoms with Crippen LogP contribution in [0.15, 0.2) is 24.3 Å². The van der Waals surface area contributed by atoms with Crippen LogP contribution in [0.3, 0.4) is 0 Å². The molecule has 0 spiro atoms. The number of carbonyl (C=O) groups excluding carboxylic acids is 2. The highest BCUT2D eigenvalue weighted by atomic mass is 16.6. The summed E-state index contributed by atoms with van der Waals surface area (Å²) in [5.74, 6) is -0.114. The molecule has 0 unspecified atom stereocenters. The van der Waals surface area contributed by atoms with Crippen LogP contribution in [-0.4, -0.2) is 43.8 Å². The quantitative estimate of drug-likeness (QED) is 0.863. The highest BCUT2D eigenvalue weighted by Gasteiger charge is 2.30. The van der Waals surface area contributed by atoms with Gasteiger partial charge in [-0.25, -0.2) is 4.79 Å². The van der Waals surface area contributed by atoms with Gasteiger partial charge in [0, 0.05) is 25.8 Å². The minimum atomic E-state index is -0.540. The Morgan fingerprint density at radius 2 is 1.62 bits per heavy atom. The lowest BCUT2D eigenvalue weighted by molar-refractivity contribution is 0.0475. The molecule has 2 N–H and O–H groups in total. The predicted molar refractivity (Wildman–Crippen MR) is 104 cm³/mol. The molecule has 1 aliphatic rings. The predicted octanol–water partition coefficient (Wildman–Crippen LogP) is 3.32. The van der Waals surface area contributed by atoms with Gasteiger partial charge in [-0.2, -0.15) is 0 Å². The van der Waals surface area contributed by atoms with E-state index in [1.54, 1.807) is 0 Å². The molecule has 1 aromatic carbocycles. The minimum absolute atomic E-state index is 0.0982. The summed E-state index contributed by atoms with van der Waals surface area (Å²) >= 11 is 0. The molecule has 1 aromatic rings. The lowest BCUT2D eigenvalue weighted by Gasteiger charge is -2.33. The largest absolute Gasteiger partial charge is 0.444 e. The van der Waals surface area contributed by atoms with Gasteiger partial charge in [-0.15, -0.1) is 0 Å². The van der Waals surface area contributed by atoms with Crippen LogP contribution in [-0.2, 0) is 4.74 Å². The van der Waals surface area contributed by atoms with E-state index in [9.17, 15) is 9.59 Å². The van der Waals surface area contributed by atoms with Gasteiger partial charge in [-0.1, -0.05) is 25.0 Å². The zero-order valence-corrected chi connectivity index (χ0v) is 16.5. The van der Waals surface area contributed by atoms with E-state index in [4.69, 9.17) is 4.74 Å². The first-order valence-electron chi connectivity index (χ1n) is 9.24. The molecule has 2 atom stereocenters. The number of hydrogen-bond acceptors (Lipinski definition) is 4. The van der Waals surface area contributed by atoms with Crippen LogP contribution in [0.4, 0.5) is 10.5 Å². The maximum absolute atomic E-state index is 12.8. The summed E-state index contributed by atoms with van der Waals surface area (Å²) in [5, 5.41) is 6.05. The number of para-hydroxylation sites is 1. The molecule has 1 aliphatic carbocycles. The Bertz CT molecular complexity index is 637. The SMILES string of the molecule is CN(C)c1ccccc1C(=O)N[C@@H]1CCCC[C@H]1NC(=O)OC(C)(C)C. The molecule has 26 heavy (non-hydrogen) atoms. The minimum Gasteiger partial charge on any atom is -0.444 e. The number of nitrogens with one attached hydrogen (secondary N) is 2. The second-order valence-corrected chi connectivity index (χ2v) is 8.03. The summed E-state index contributed by atoms with van der Waals surface area (Å²) in [6, 6.07) is 7.31. The second-order valence-electron chi connectivity index (χ2n) is 8.03. The smallest absolute Gasteiger partial charge is 0.407 e. The highest BCUT2D eigenvalue weighted by molar-refractivity contribution is 6.00. The van der Waals surface area contributed by atoms with E-state index >= 15 is 0 Å². The zero-order valence-electron chi connectivity index (χ0n) is 16.5. The van der Waals surface area contributed by atoms with E-state index in [1.807, 2.05) is 64.0 Å². The molecule has 2 rings (SSSR count). The number of hydrogen-bond donors (Lipinski definition) is 2. The van der Waals surface area contributed by atoms with Crippen LogP contribution in [0.5, 0.6) is 0 Å². The Labute approximate surface area is 156 Å². The Balaban J connectivity index is 2.06. The van der Waals surface area contributed by atoms with Crippen molar-refractivity contribution in [3.63, 3.8) is 0 Å². The summed E-state index contributed by atoms with van der Waals surface area (Å²) in [4.78, 5) is 26.9. The molecule has 2 amide bonds. The summed E-state index contributed by atoms with van der Waals surface area (Å²) in [7, 11) is 3.83. The Morgan fingerprint density at radius 3 is 2.19 bits per heavy atom. The fourth-order valence-corrected chi connectivity index (χ4v) is 3.24. The summed E-state index contributed by atoms with van der Waals surface area (Å²) < 4.78 is 5.36. The first-order valence-corrected chi connectivity index (χ1v) is 9.24. The topological polar surface area (TPSA) is 70.7 Å². The van der Waals surface area contributed by atoms with E-state index in [0.717, 1.165) is 31.4 Å². The molecule has 0 aliphatic heterocycles. The van der Waals surface area contributed by atoms with Gasteiger partial charge in [0.1, 0.15) is 5.60 Å². The van der Waals surface area contributed by atoms with Gasteiger partial charge in [-0.05, 0) is 45.7 Å². The molecule has 0 radical (unpaired) electrons. The van der Waals surface area contributed by atoms with Crippen LogP contribution >= 0.6 is 0 Å². The Hall–Kier alpha value is -2.24. The van der Waals surface area contributed by atoms with Crippen LogP contribution in [0, 0.1) is 0 Å². The van der Waals surface area contributed by atoms with Crippen molar-refractivity contribution in [1.29, 1.82) is 0 Å². The normalized spacial score (nSPS) is 20.2. The van der Waals surface area contributed by atoms with Crippen LogP contribution < -0.4 is 15.5 Å². The van der Waals surface area contributed by atoms with E-state index < -0.39 is 11.7 Å². The van der Waals surface area contributed by atoms with Crippen LogP contribution in [0.2, 0.25) is 0 Å². The second kappa shape index (κ2) is 8.43.